The van der Waals surface area contributed by atoms with E-state index in [1.165, 1.54) is 39.8 Å². The van der Waals surface area contributed by atoms with Crippen molar-refractivity contribution in [3.63, 3.8) is 0 Å². The van der Waals surface area contributed by atoms with Gasteiger partial charge in [-0.2, -0.15) is 19.9 Å². The second-order valence-electron chi connectivity index (χ2n) is 8.42. The summed E-state index contributed by atoms with van der Waals surface area (Å²) in [7, 11) is 0. The number of aromatic nitrogens is 6. The van der Waals surface area contributed by atoms with Crippen LogP contribution in [0.4, 0.5) is 10.2 Å². The lowest BCUT2D eigenvalue weighted by atomic mass is 10.2. The van der Waals surface area contributed by atoms with Gasteiger partial charge in [-0.1, -0.05) is 13.3 Å². The molecule has 0 saturated carbocycles. The predicted molar refractivity (Wildman–Crippen MR) is 136 cm³/mol. The van der Waals surface area contributed by atoms with Gasteiger partial charge in [0.25, 0.3) is 11.5 Å². The summed E-state index contributed by atoms with van der Waals surface area (Å²) in [5.41, 5.74) is 1.39. The fourth-order valence-electron chi connectivity index (χ4n) is 3.75. The number of aryl methyl sites for hydroxylation is 1. The van der Waals surface area contributed by atoms with Gasteiger partial charge in [-0.25, -0.2) is 9.07 Å². The van der Waals surface area contributed by atoms with Crippen molar-refractivity contribution in [2.24, 2.45) is 0 Å². The molecule has 0 spiro atoms. The van der Waals surface area contributed by atoms with Crippen LogP contribution in [-0.4, -0.2) is 42.0 Å². The Morgan fingerprint density at radius 3 is 2.59 bits per heavy atom. The molecular weight excluding hydrogens is 477 g/mol. The molecule has 0 radical (unpaired) electrons. The maximum atomic E-state index is 13.4. The topological polar surface area (TPSA) is 120 Å². The van der Waals surface area contributed by atoms with E-state index >= 15 is 0 Å². The van der Waals surface area contributed by atoms with Crippen LogP contribution in [0.1, 0.15) is 35.8 Å². The van der Waals surface area contributed by atoms with Crippen LogP contribution in [-0.2, 0) is 0 Å². The van der Waals surface area contributed by atoms with Gasteiger partial charge in [0, 0.05) is 11.6 Å². The van der Waals surface area contributed by atoms with Crippen molar-refractivity contribution in [2.75, 3.05) is 11.9 Å². The SMILES string of the molecule is CCCCOc1ccc(C(=O)Nc2cc(C)nn2-c2nc3c(cnn3-c3ccc(F)cc3)c(=O)[nH]2)cc1. The largest absolute Gasteiger partial charge is 0.494 e. The van der Waals surface area contributed by atoms with Crippen LogP contribution < -0.4 is 15.6 Å². The van der Waals surface area contributed by atoms with Crippen molar-refractivity contribution >= 4 is 22.8 Å². The number of nitrogens with zero attached hydrogens (tertiary/aromatic N) is 5. The summed E-state index contributed by atoms with van der Waals surface area (Å²) < 4.78 is 21.8. The number of unbranched alkanes of at least 4 members (excludes halogenated alkanes) is 1. The molecule has 0 unspecified atom stereocenters. The first-order chi connectivity index (χ1) is 17.9. The highest BCUT2D eigenvalue weighted by molar-refractivity contribution is 6.04. The standard InChI is InChI=1S/C26H24FN7O3/c1-3-4-13-37-20-11-5-17(6-12-20)24(35)29-22-14-16(2)32-34(22)26-30-23-21(25(36)31-26)15-28-33(23)19-9-7-18(27)8-10-19/h5-12,14-15H,3-4,13H2,1-2H3,(H,29,35)(H,30,31,36). The lowest BCUT2D eigenvalue weighted by Gasteiger charge is -2.10. The molecule has 2 N–H and O–H groups in total. The van der Waals surface area contributed by atoms with E-state index in [4.69, 9.17) is 4.74 Å². The molecule has 0 atom stereocenters. The second-order valence-corrected chi connectivity index (χ2v) is 8.42. The maximum Gasteiger partial charge on any atom is 0.263 e. The Morgan fingerprint density at radius 1 is 1.11 bits per heavy atom. The summed E-state index contributed by atoms with van der Waals surface area (Å²) >= 11 is 0. The summed E-state index contributed by atoms with van der Waals surface area (Å²) in [6.45, 7) is 4.47. The summed E-state index contributed by atoms with van der Waals surface area (Å²) in [6, 6.07) is 14.2. The fraction of sp³-hybridized carbons (Fsp3) is 0.192. The van der Waals surface area contributed by atoms with E-state index in [1.54, 1.807) is 37.3 Å². The zero-order valence-electron chi connectivity index (χ0n) is 20.2. The number of aromatic amines is 1. The van der Waals surface area contributed by atoms with Crippen LogP contribution >= 0.6 is 0 Å². The average Bonchev–Trinajstić information content (AvgIpc) is 3.48. The Labute approximate surface area is 210 Å². The lowest BCUT2D eigenvalue weighted by Crippen LogP contribution is -2.19. The third-order valence-corrected chi connectivity index (χ3v) is 5.65. The van der Waals surface area contributed by atoms with E-state index in [0.717, 1.165) is 12.8 Å². The Bertz CT molecular complexity index is 1620. The number of nitrogens with one attached hydrogen (secondary N) is 2. The first kappa shape index (κ1) is 23.9. The number of benzene rings is 2. The quantitative estimate of drug-likeness (QED) is 0.308. The summed E-state index contributed by atoms with van der Waals surface area (Å²) in [6.07, 6.45) is 3.38. The number of anilines is 1. The summed E-state index contributed by atoms with van der Waals surface area (Å²) in [5.74, 6) is 0.350. The number of fused-ring (bicyclic) bond motifs is 1. The first-order valence-corrected chi connectivity index (χ1v) is 11.8. The summed E-state index contributed by atoms with van der Waals surface area (Å²) in [4.78, 5) is 33.0. The van der Waals surface area contributed by atoms with E-state index in [1.807, 2.05) is 0 Å². The van der Waals surface area contributed by atoms with Crippen LogP contribution in [0.2, 0.25) is 0 Å². The van der Waals surface area contributed by atoms with Crippen molar-refractivity contribution < 1.29 is 13.9 Å². The van der Waals surface area contributed by atoms with Gasteiger partial charge in [0.1, 0.15) is 22.8 Å². The van der Waals surface area contributed by atoms with Crippen molar-refractivity contribution in [3.8, 4) is 17.4 Å². The smallest absolute Gasteiger partial charge is 0.263 e. The molecule has 0 bridgehead atoms. The number of carbonyl (C=O) groups excluding carboxylic acids is 1. The Kier molecular flexibility index (Phi) is 6.50. The number of halogens is 1. The van der Waals surface area contributed by atoms with Crippen molar-refractivity contribution in [2.45, 2.75) is 26.7 Å². The Balaban J connectivity index is 1.45. The third kappa shape index (κ3) is 4.96. The molecule has 3 aromatic heterocycles. The molecule has 0 saturated heterocycles. The molecule has 188 valence electrons. The number of ether oxygens (including phenoxy) is 1. The maximum absolute atomic E-state index is 13.4. The molecule has 0 fully saturated rings. The Hall–Kier alpha value is -4.80. The van der Waals surface area contributed by atoms with Crippen molar-refractivity contribution in [3.05, 3.63) is 88.2 Å². The van der Waals surface area contributed by atoms with E-state index < -0.39 is 11.4 Å². The molecule has 1 amide bonds. The van der Waals surface area contributed by atoms with Gasteiger partial charge in [0.05, 0.1) is 24.2 Å². The molecule has 3 heterocycles. The van der Waals surface area contributed by atoms with E-state index in [-0.39, 0.29) is 22.9 Å². The van der Waals surface area contributed by atoms with E-state index in [0.29, 0.717) is 35.1 Å². The molecule has 5 rings (SSSR count). The molecule has 0 aliphatic heterocycles. The van der Waals surface area contributed by atoms with Gasteiger partial charge in [-0.15, -0.1) is 0 Å². The van der Waals surface area contributed by atoms with Gasteiger partial charge < -0.3 is 10.1 Å². The van der Waals surface area contributed by atoms with Gasteiger partial charge in [-0.05, 0) is 61.9 Å². The van der Waals surface area contributed by atoms with Gasteiger partial charge >= 0.3 is 0 Å². The predicted octanol–water partition coefficient (Wildman–Crippen LogP) is 4.17. The minimum absolute atomic E-state index is 0.0874. The Morgan fingerprint density at radius 2 is 1.86 bits per heavy atom. The number of H-pyrrole nitrogens is 1. The molecule has 5 aromatic rings. The number of rotatable bonds is 8. The molecule has 37 heavy (non-hydrogen) atoms. The molecule has 0 aliphatic carbocycles. The molecule has 2 aromatic carbocycles. The first-order valence-electron chi connectivity index (χ1n) is 11.8. The van der Waals surface area contributed by atoms with Crippen molar-refractivity contribution in [1.82, 2.24) is 29.5 Å². The molecule has 10 nitrogen and oxygen atoms in total. The normalized spacial score (nSPS) is 11.1. The van der Waals surface area contributed by atoms with Gasteiger partial charge in [0.2, 0.25) is 5.95 Å². The van der Waals surface area contributed by atoms with Crippen LogP contribution in [0.3, 0.4) is 0 Å². The van der Waals surface area contributed by atoms with Crippen LogP contribution in [0.25, 0.3) is 22.7 Å². The fourth-order valence-corrected chi connectivity index (χ4v) is 3.75. The number of carbonyl (C=O) groups is 1. The van der Waals surface area contributed by atoms with Crippen LogP contribution in [0, 0.1) is 12.7 Å². The zero-order chi connectivity index (χ0) is 25.9. The van der Waals surface area contributed by atoms with Crippen LogP contribution in [0.15, 0.2) is 65.6 Å². The number of amides is 1. The zero-order valence-corrected chi connectivity index (χ0v) is 20.2. The van der Waals surface area contributed by atoms with E-state index in [2.05, 4.69) is 32.4 Å². The monoisotopic (exact) mass is 501 g/mol. The highest BCUT2D eigenvalue weighted by Gasteiger charge is 2.17. The van der Waals surface area contributed by atoms with Gasteiger partial charge in [-0.3, -0.25) is 14.6 Å². The number of hydrogen-bond acceptors (Lipinski definition) is 6. The third-order valence-electron chi connectivity index (χ3n) is 5.65. The lowest BCUT2D eigenvalue weighted by molar-refractivity contribution is 0.102. The van der Waals surface area contributed by atoms with Gasteiger partial charge in [0.15, 0.2) is 5.65 Å². The molecule has 0 aliphatic rings. The minimum Gasteiger partial charge on any atom is -0.494 e. The van der Waals surface area contributed by atoms with E-state index in [9.17, 15) is 14.0 Å². The minimum atomic E-state index is -0.433. The highest BCUT2D eigenvalue weighted by atomic mass is 19.1. The van der Waals surface area contributed by atoms with Crippen molar-refractivity contribution in [1.29, 1.82) is 0 Å². The highest BCUT2D eigenvalue weighted by Crippen LogP contribution is 2.20. The number of hydrogen-bond donors (Lipinski definition) is 2. The molecule has 11 heteroatoms. The van der Waals surface area contributed by atoms with Crippen LogP contribution in [0.5, 0.6) is 5.75 Å². The second kappa shape index (κ2) is 10.1. The average molecular weight is 502 g/mol. The summed E-state index contributed by atoms with van der Waals surface area (Å²) in [5, 5.41) is 11.7. The molecular formula is C26H24FN7O3.